The first-order valence-corrected chi connectivity index (χ1v) is 7.65. The molecule has 2 N–H and O–H groups in total. The molecule has 0 aromatic carbocycles. The third kappa shape index (κ3) is 1.62. The molecule has 0 aromatic rings. The van der Waals surface area contributed by atoms with Crippen LogP contribution in [-0.4, -0.2) is 23.8 Å². The molecule has 5 unspecified atom stereocenters. The third-order valence-electron chi connectivity index (χ3n) is 5.71. The van der Waals surface area contributed by atoms with Crippen molar-refractivity contribution in [2.45, 2.75) is 50.7 Å². The van der Waals surface area contributed by atoms with E-state index in [-0.39, 0.29) is 6.10 Å². The first-order chi connectivity index (χ1) is 8.83. The molecule has 18 heavy (non-hydrogen) atoms. The quantitative estimate of drug-likeness (QED) is 0.687. The number of nitrogens with one attached hydrogen (secondary N) is 1. The first-order valence-electron chi connectivity index (χ1n) is 7.65. The molecule has 0 spiro atoms. The zero-order valence-electron chi connectivity index (χ0n) is 10.9. The summed E-state index contributed by atoms with van der Waals surface area (Å²) in [4.78, 5) is 0. The van der Waals surface area contributed by atoms with Crippen molar-refractivity contribution >= 4 is 0 Å². The van der Waals surface area contributed by atoms with Crippen LogP contribution in [0.3, 0.4) is 0 Å². The lowest BCUT2D eigenvalue weighted by atomic mass is 9.66. The van der Waals surface area contributed by atoms with Crippen LogP contribution < -0.4 is 5.32 Å². The Hall–Kier alpha value is -0.600. The molecule has 1 heterocycles. The molecule has 4 rings (SSSR count). The summed E-state index contributed by atoms with van der Waals surface area (Å²) in [5.41, 5.74) is 3.42. The van der Waals surface area contributed by atoms with Crippen molar-refractivity contribution in [3.8, 4) is 0 Å². The Morgan fingerprint density at radius 3 is 2.94 bits per heavy atom. The van der Waals surface area contributed by atoms with E-state index in [4.69, 9.17) is 0 Å². The summed E-state index contributed by atoms with van der Waals surface area (Å²) in [5, 5.41) is 13.6. The number of allylic oxidation sites excluding steroid dienone is 3. The average molecular weight is 245 g/mol. The van der Waals surface area contributed by atoms with Crippen LogP contribution in [0.15, 0.2) is 23.3 Å². The highest BCUT2D eigenvalue weighted by Crippen LogP contribution is 2.48. The lowest BCUT2D eigenvalue weighted by molar-refractivity contribution is 0.0768. The van der Waals surface area contributed by atoms with E-state index in [0.717, 1.165) is 31.2 Å². The number of rotatable bonds is 0. The smallest absolute Gasteiger partial charge is 0.0555 e. The molecule has 98 valence electrons. The molecule has 0 radical (unpaired) electrons. The molecule has 3 aliphatic carbocycles. The molecule has 2 nitrogen and oxygen atoms in total. The van der Waals surface area contributed by atoms with Crippen LogP contribution in [0, 0.1) is 17.8 Å². The van der Waals surface area contributed by atoms with Gasteiger partial charge in [-0.1, -0.05) is 23.3 Å². The second-order valence-corrected chi connectivity index (χ2v) is 6.60. The first kappa shape index (κ1) is 11.2. The minimum absolute atomic E-state index is 0.0722. The summed E-state index contributed by atoms with van der Waals surface area (Å²) >= 11 is 0. The predicted octanol–water partition coefficient (Wildman–Crippen LogP) is 2.40. The van der Waals surface area contributed by atoms with E-state index >= 15 is 0 Å². The van der Waals surface area contributed by atoms with Crippen molar-refractivity contribution < 1.29 is 5.11 Å². The fraction of sp³-hybridized carbons (Fsp3) is 0.750. The lowest BCUT2D eigenvalue weighted by Crippen LogP contribution is -2.52. The van der Waals surface area contributed by atoms with Crippen LogP contribution in [0.25, 0.3) is 0 Å². The summed E-state index contributed by atoms with van der Waals surface area (Å²) in [6.45, 7) is 1.14. The normalized spacial score (nSPS) is 46.6. The van der Waals surface area contributed by atoms with E-state index in [9.17, 15) is 5.11 Å². The Morgan fingerprint density at radius 2 is 2.00 bits per heavy atom. The maximum atomic E-state index is 9.82. The highest BCUT2D eigenvalue weighted by Gasteiger charge is 2.43. The topological polar surface area (TPSA) is 32.3 Å². The number of piperidine rings is 1. The molecule has 1 aliphatic heterocycles. The van der Waals surface area contributed by atoms with Crippen LogP contribution in [0.1, 0.15) is 38.5 Å². The van der Waals surface area contributed by atoms with Crippen LogP contribution in [0.4, 0.5) is 0 Å². The van der Waals surface area contributed by atoms with Gasteiger partial charge in [-0.05, 0) is 56.3 Å². The van der Waals surface area contributed by atoms with Crippen molar-refractivity contribution in [1.29, 1.82) is 0 Å². The number of hydrogen-bond donors (Lipinski definition) is 2. The summed E-state index contributed by atoms with van der Waals surface area (Å²) in [5.74, 6) is 2.31. The van der Waals surface area contributed by atoms with Crippen LogP contribution in [-0.2, 0) is 0 Å². The second kappa shape index (κ2) is 4.21. The van der Waals surface area contributed by atoms with Crippen molar-refractivity contribution in [3.63, 3.8) is 0 Å². The maximum Gasteiger partial charge on any atom is 0.0555 e. The van der Waals surface area contributed by atoms with E-state index in [1.54, 1.807) is 11.1 Å². The Morgan fingerprint density at radius 1 is 1.06 bits per heavy atom. The number of hydrogen-bond acceptors (Lipinski definition) is 2. The zero-order valence-corrected chi connectivity index (χ0v) is 10.9. The minimum Gasteiger partial charge on any atom is -0.393 e. The third-order valence-corrected chi connectivity index (χ3v) is 5.71. The lowest BCUT2D eigenvalue weighted by Gasteiger charge is -2.46. The van der Waals surface area contributed by atoms with E-state index in [1.165, 1.54) is 25.7 Å². The summed E-state index contributed by atoms with van der Waals surface area (Å²) in [6.07, 6.45) is 12.0. The fourth-order valence-corrected chi connectivity index (χ4v) is 4.83. The van der Waals surface area contributed by atoms with Gasteiger partial charge >= 0.3 is 0 Å². The van der Waals surface area contributed by atoms with Gasteiger partial charge in [-0.25, -0.2) is 0 Å². The number of aliphatic hydroxyl groups is 1. The molecule has 3 fully saturated rings. The van der Waals surface area contributed by atoms with Gasteiger partial charge in [0, 0.05) is 12.6 Å². The Kier molecular flexibility index (Phi) is 2.63. The Bertz CT molecular complexity index is 411. The monoisotopic (exact) mass is 245 g/mol. The van der Waals surface area contributed by atoms with Crippen LogP contribution in [0.5, 0.6) is 0 Å². The van der Waals surface area contributed by atoms with Gasteiger partial charge in [0.1, 0.15) is 0 Å². The largest absolute Gasteiger partial charge is 0.393 e. The average Bonchev–Trinajstić information content (AvgIpc) is 2.86. The molecule has 0 amide bonds. The van der Waals surface area contributed by atoms with Gasteiger partial charge in [0.2, 0.25) is 0 Å². The van der Waals surface area contributed by atoms with Gasteiger partial charge in [-0.15, -0.1) is 0 Å². The summed E-state index contributed by atoms with van der Waals surface area (Å²) < 4.78 is 0. The van der Waals surface area contributed by atoms with Gasteiger partial charge in [-0.3, -0.25) is 0 Å². The van der Waals surface area contributed by atoms with Gasteiger partial charge in [-0.2, -0.15) is 0 Å². The van der Waals surface area contributed by atoms with Gasteiger partial charge in [0.05, 0.1) is 6.10 Å². The second-order valence-electron chi connectivity index (χ2n) is 6.60. The van der Waals surface area contributed by atoms with Crippen LogP contribution in [0.2, 0.25) is 0 Å². The van der Waals surface area contributed by atoms with E-state index in [1.807, 2.05) is 0 Å². The van der Waals surface area contributed by atoms with Crippen molar-refractivity contribution in [1.82, 2.24) is 5.32 Å². The van der Waals surface area contributed by atoms with E-state index in [0.29, 0.717) is 12.0 Å². The van der Waals surface area contributed by atoms with Gasteiger partial charge in [0.15, 0.2) is 0 Å². The minimum atomic E-state index is -0.0722. The van der Waals surface area contributed by atoms with Crippen molar-refractivity contribution in [3.05, 3.63) is 23.3 Å². The molecule has 2 heteroatoms. The highest BCUT2D eigenvalue weighted by atomic mass is 16.3. The predicted molar refractivity (Wildman–Crippen MR) is 72.1 cm³/mol. The SMILES string of the molecule is OC1CCC2C3=CC=C4CCCC4C3CNC2C1. The molecule has 4 aliphatic rings. The fourth-order valence-electron chi connectivity index (χ4n) is 4.83. The van der Waals surface area contributed by atoms with Gasteiger partial charge in [0.25, 0.3) is 0 Å². The molecule has 0 aromatic heterocycles. The standard InChI is InChI=1S/C16H23NO/c18-11-5-7-14-13-6-4-10-2-1-3-12(10)15(13)9-17-16(14)8-11/h4,6,11-12,14-18H,1-3,5,7-9H2. The molecular weight excluding hydrogens is 222 g/mol. The molecule has 1 saturated heterocycles. The molecule has 5 atom stereocenters. The maximum absolute atomic E-state index is 9.82. The van der Waals surface area contributed by atoms with Crippen molar-refractivity contribution in [2.24, 2.45) is 17.8 Å². The van der Waals surface area contributed by atoms with E-state index in [2.05, 4.69) is 17.5 Å². The number of aliphatic hydroxyl groups excluding tert-OH is 1. The zero-order chi connectivity index (χ0) is 12.1. The molecule has 0 bridgehead atoms. The summed E-state index contributed by atoms with van der Waals surface area (Å²) in [6, 6.07) is 0.535. The highest BCUT2D eigenvalue weighted by molar-refractivity contribution is 5.35. The number of fused-ring (bicyclic) bond motifs is 5. The van der Waals surface area contributed by atoms with Crippen LogP contribution >= 0.6 is 0 Å². The Labute approximate surface area is 109 Å². The molecular formula is C16H23NO. The molecule has 2 saturated carbocycles. The Balaban J connectivity index is 1.63. The van der Waals surface area contributed by atoms with Gasteiger partial charge < -0.3 is 10.4 Å². The van der Waals surface area contributed by atoms with E-state index < -0.39 is 0 Å². The van der Waals surface area contributed by atoms with Crippen molar-refractivity contribution in [2.75, 3.05) is 6.54 Å². The summed E-state index contributed by atoms with van der Waals surface area (Å²) in [7, 11) is 0.